The topological polar surface area (TPSA) is 12.9 Å². The summed E-state index contributed by atoms with van der Waals surface area (Å²) >= 11 is 0. The van der Waals surface area contributed by atoms with Gasteiger partial charge in [-0.15, -0.1) is 0 Å². The molecular weight excluding hydrogens is 129 g/mol. The Morgan fingerprint density at radius 1 is 1.70 bits per heavy atom. The molecule has 1 rings (SSSR count). The number of nitrogens with zero attached hydrogens (tertiary/aromatic N) is 1. The maximum Gasteiger partial charge on any atom is 0.240 e. The first-order valence-electron chi connectivity index (χ1n) is 3.20. The van der Waals surface area contributed by atoms with E-state index in [1.807, 2.05) is 6.92 Å². The fraction of sp³-hybridized carbons (Fsp3) is 0.250. The van der Waals surface area contributed by atoms with Crippen LogP contribution in [-0.4, -0.2) is 4.98 Å². The molecule has 0 fully saturated rings. The van der Waals surface area contributed by atoms with Gasteiger partial charge in [0.2, 0.25) is 5.95 Å². The molecule has 10 heavy (non-hydrogen) atoms. The molecule has 0 amide bonds. The van der Waals surface area contributed by atoms with Gasteiger partial charge >= 0.3 is 0 Å². The number of rotatable bonds is 1. The lowest BCUT2D eigenvalue weighted by molar-refractivity contribution is 0.581. The monoisotopic (exact) mass is 138 g/mol. The van der Waals surface area contributed by atoms with Crippen molar-refractivity contribution in [2.24, 2.45) is 0 Å². The van der Waals surface area contributed by atoms with Gasteiger partial charge in [-0.05, 0) is 6.92 Å². The summed E-state index contributed by atoms with van der Waals surface area (Å²) in [5.74, 6) is -0.427. The molecule has 0 bridgehead atoms. The van der Waals surface area contributed by atoms with Crippen molar-refractivity contribution >= 4 is 0 Å². The van der Waals surface area contributed by atoms with Crippen molar-refractivity contribution in [1.29, 1.82) is 0 Å². The Labute approximate surface area is 59.9 Å². The lowest BCUT2D eigenvalue weighted by atomic mass is 10.1. The normalized spacial score (nSPS) is 9.80. The molecule has 0 saturated heterocycles. The molecule has 0 N–H and O–H groups in total. The fourth-order valence-corrected chi connectivity index (χ4v) is 0.825. The Hall–Kier alpha value is -1.05. The zero-order chi connectivity index (χ0) is 7.56. The van der Waals surface area contributed by atoms with Gasteiger partial charge in [-0.25, -0.2) is 0 Å². The third kappa shape index (κ3) is 1.26. The van der Waals surface area contributed by atoms with Crippen LogP contribution in [0.3, 0.4) is 0 Å². The van der Waals surface area contributed by atoms with Crippen molar-refractivity contribution < 1.29 is 4.39 Å². The zero-order valence-electron chi connectivity index (χ0n) is 5.89. The summed E-state index contributed by atoms with van der Waals surface area (Å²) in [7, 11) is 0. The molecule has 0 aromatic carbocycles. The van der Waals surface area contributed by atoms with Gasteiger partial charge in [-0.2, -0.15) is 9.37 Å². The van der Waals surface area contributed by atoms with E-state index < -0.39 is 5.95 Å². The highest BCUT2D eigenvalue weighted by Gasteiger charge is 2.05. The molecule has 1 aromatic rings. The van der Waals surface area contributed by atoms with E-state index in [2.05, 4.69) is 11.9 Å². The van der Waals surface area contributed by atoms with E-state index >= 15 is 0 Å². The van der Waals surface area contributed by atoms with E-state index in [0.717, 1.165) is 17.5 Å². The summed E-state index contributed by atoms with van der Waals surface area (Å²) in [6.45, 7) is 5.67. The highest BCUT2D eigenvalue weighted by atomic mass is 19.1. The molecule has 1 nitrogen and oxygen atoms in total. The van der Waals surface area contributed by atoms with Crippen LogP contribution in [0.15, 0.2) is 12.3 Å². The van der Waals surface area contributed by atoms with Gasteiger partial charge in [0.1, 0.15) is 11.8 Å². The van der Waals surface area contributed by atoms with E-state index in [1.54, 1.807) is 0 Å². The van der Waals surface area contributed by atoms with Crippen molar-refractivity contribution in [2.45, 2.75) is 13.3 Å². The number of hydrogen-bond acceptors (Lipinski definition) is 1. The Morgan fingerprint density at radius 2 is 2.40 bits per heavy atom. The van der Waals surface area contributed by atoms with E-state index in [4.69, 9.17) is 0 Å². The second-order valence-corrected chi connectivity index (χ2v) is 2.13. The van der Waals surface area contributed by atoms with Crippen LogP contribution in [0.5, 0.6) is 0 Å². The number of aryl methyl sites for hydroxylation is 1. The van der Waals surface area contributed by atoms with Crippen LogP contribution in [0.1, 0.15) is 18.1 Å². The molecule has 0 aliphatic heterocycles. The van der Waals surface area contributed by atoms with E-state index in [1.165, 1.54) is 12.3 Å². The molecule has 1 heterocycles. The molecule has 1 aromatic heterocycles. The van der Waals surface area contributed by atoms with Crippen LogP contribution < -0.4 is 0 Å². The Morgan fingerprint density at radius 3 is 2.90 bits per heavy atom. The average molecular weight is 138 g/mol. The van der Waals surface area contributed by atoms with Gasteiger partial charge in [0.15, 0.2) is 0 Å². The van der Waals surface area contributed by atoms with Crippen LogP contribution in [0.25, 0.3) is 0 Å². The van der Waals surface area contributed by atoms with Crippen LogP contribution in [0.4, 0.5) is 4.39 Å². The van der Waals surface area contributed by atoms with Crippen LogP contribution in [0, 0.1) is 12.9 Å². The predicted octanol–water partition coefficient (Wildman–Crippen LogP) is 1.97. The highest BCUT2D eigenvalue weighted by Crippen LogP contribution is 2.07. The van der Waals surface area contributed by atoms with Crippen molar-refractivity contribution in [3.05, 3.63) is 36.3 Å². The molecule has 0 unspecified atom stereocenters. The minimum Gasteiger partial charge on any atom is -0.182 e. The molecule has 0 aliphatic rings. The zero-order valence-corrected chi connectivity index (χ0v) is 5.89. The lowest BCUT2D eigenvalue weighted by Gasteiger charge is -1.90. The first kappa shape index (κ1) is 7.06. The third-order valence-electron chi connectivity index (χ3n) is 1.43. The molecule has 0 radical (unpaired) electrons. The minimum absolute atomic E-state index is 0.427. The molecule has 52 valence electrons. The SMILES string of the molecule is [CH2+]c1cnc(F)cc1CC. The summed E-state index contributed by atoms with van der Waals surface area (Å²) in [5.41, 5.74) is 1.73. The van der Waals surface area contributed by atoms with Crippen molar-refractivity contribution in [1.82, 2.24) is 4.98 Å². The number of pyridine rings is 1. The third-order valence-corrected chi connectivity index (χ3v) is 1.43. The summed E-state index contributed by atoms with van der Waals surface area (Å²) in [4.78, 5) is 3.46. The average Bonchev–Trinajstić information content (AvgIpc) is 1.94. The van der Waals surface area contributed by atoms with Gasteiger partial charge in [0, 0.05) is 13.3 Å². The highest BCUT2D eigenvalue weighted by molar-refractivity contribution is 5.25. The lowest BCUT2D eigenvalue weighted by Crippen LogP contribution is -1.90. The van der Waals surface area contributed by atoms with E-state index in [0.29, 0.717) is 0 Å². The molecule has 2 heteroatoms. The van der Waals surface area contributed by atoms with Gasteiger partial charge in [-0.3, -0.25) is 0 Å². The minimum atomic E-state index is -0.427. The number of hydrogen-bond donors (Lipinski definition) is 0. The van der Waals surface area contributed by atoms with Crippen LogP contribution in [0.2, 0.25) is 0 Å². The van der Waals surface area contributed by atoms with Gasteiger partial charge < -0.3 is 0 Å². The van der Waals surface area contributed by atoms with Crippen LogP contribution >= 0.6 is 0 Å². The van der Waals surface area contributed by atoms with Crippen molar-refractivity contribution in [3.8, 4) is 0 Å². The molecule has 0 spiro atoms. The summed E-state index contributed by atoms with van der Waals surface area (Å²) in [6.07, 6.45) is 2.26. The standard InChI is InChI=1S/C8H9FN/c1-3-7-4-8(9)10-5-6(7)2/h4-5H,2-3H2,1H3/q+1. The molecule has 0 atom stereocenters. The Kier molecular flexibility index (Phi) is 1.90. The molecule has 0 saturated carbocycles. The van der Waals surface area contributed by atoms with Gasteiger partial charge in [-0.1, -0.05) is 0 Å². The number of halogens is 1. The van der Waals surface area contributed by atoms with Crippen molar-refractivity contribution in [2.75, 3.05) is 0 Å². The summed E-state index contributed by atoms with van der Waals surface area (Å²) < 4.78 is 12.4. The van der Waals surface area contributed by atoms with Crippen molar-refractivity contribution in [3.63, 3.8) is 0 Å². The van der Waals surface area contributed by atoms with Gasteiger partial charge in [0.05, 0.1) is 11.6 Å². The predicted molar refractivity (Wildman–Crippen MR) is 38.0 cm³/mol. The Bertz CT molecular complexity index is 233. The summed E-state index contributed by atoms with van der Waals surface area (Å²) in [6, 6.07) is 1.42. The quantitative estimate of drug-likeness (QED) is 0.427. The number of aromatic nitrogens is 1. The molecular formula is C8H9FN+. The van der Waals surface area contributed by atoms with Crippen LogP contribution in [-0.2, 0) is 6.42 Å². The van der Waals surface area contributed by atoms with E-state index in [9.17, 15) is 4.39 Å². The maximum absolute atomic E-state index is 12.4. The first-order valence-corrected chi connectivity index (χ1v) is 3.20. The first-order chi connectivity index (χ1) is 4.74. The van der Waals surface area contributed by atoms with E-state index in [-0.39, 0.29) is 0 Å². The smallest absolute Gasteiger partial charge is 0.182 e. The maximum atomic E-state index is 12.4. The summed E-state index contributed by atoms with van der Waals surface area (Å²) in [5, 5.41) is 0. The fourth-order valence-electron chi connectivity index (χ4n) is 0.825. The molecule has 0 aliphatic carbocycles. The second-order valence-electron chi connectivity index (χ2n) is 2.13. The largest absolute Gasteiger partial charge is 0.240 e. The Balaban J connectivity index is 3.09. The second kappa shape index (κ2) is 2.69. The van der Waals surface area contributed by atoms with Gasteiger partial charge in [0.25, 0.3) is 0 Å².